The number of allylic oxidation sites excluding steroid dienone is 2. The number of hydrogen-bond donors (Lipinski definition) is 0. The average Bonchev–Trinajstić information content (AvgIpc) is 2.54. The first-order chi connectivity index (χ1) is 11.4. The van der Waals surface area contributed by atoms with E-state index >= 15 is 0 Å². The molecule has 0 heterocycles. The van der Waals surface area contributed by atoms with Gasteiger partial charge in [0.1, 0.15) is 0 Å². The zero-order chi connectivity index (χ0) is 17.9. The van der Waals surface area contributed by atoms with Crippen molar-refractivity contribution >= 4 is 29.1 Å². The molecule has 0 N–H and O–H groups in total. The van der Waals surface area contributed by atoms with Crippen LogP contribution < -0.4 is 4.74 Å². The minimum Gasteiger partial charge on any atom is -0.494 e. The molecule has 1 aliphatic carbocycles. The molecular weight excluding hydrogens is 339 g/mol. The molecule has 1 aliphatic rings. The first-order valence-corrected chi connectivity index (χ1v) is 7.73. The SMILES string of the molecule is CCOC(=O)C1CC(=O)C(C(=O)c2ccc(OC)c(F)c2)=C(Cl)C1. The van der Waals surface area contributed by atoms with Gasteiger partial charge in [-0.1, -0.05) is 11.6 Å². The van der Waals surface area contributed by atoms with E-state index in [1.807, 2.05) is 0 Å². The molecule has 1 unspecified atom stereocenters. The first-order valence-electron chi connectivity index (χ1n) is 7.35. The van der Waals surface area contributed by atoms with Gasteiger partial charge in [0.2, 0.25) is 0 Å². The highest BCUT2D eigenvalue weighted by Crippen LogP contribution is 2.32. The highest BCUT2D eigenvalue weighted by Gasteiger charge is 2.35. The molecule has 5 nitrogen and oxygen atoms in total. The topological polar surface area (TPSA) is 69.7 Å². The van der Waals surface area contributed by atoms with E-state index in [1.54, 1.807) is 6.92 Å². The van der Waals surface area contributed by atoms with Crippen LogP contribution in [0.4, 0.5) is 4.39 Å². The Balaban J connectivity index is 2.29. The second-order valence-corrected chi connectivity index (χ2v) is 5.69. The maximum atomic E-state index is 13.8. The Kier molecular flexibility index (Phi) is 5.72. The highest BCUT2D eigenvalue weighted by atomic mass is 35.5. The molecule has 0 amide bonds. The van der Waals surface area contributed by atoms with Crippen LogP contribution in [0.5, 0.6) is 5.75 Å². The Morgan fingerprint density at radius 1 is 1.33 bits per heavy atom. The molecule has 0 bridgehead atoms. The van der Waals surface area contributed by atoms with E-state index in [0.29, 0.717) is 0 Å². The van der Waals surface area contributed by atoms with Crippen molar-refractivity contribution in [2.24, 2.45) is 5.92 Å². The van der Waals surface area contributed by atoms with Gasteiger partial charge in [0.25, 0.3) is 0 Å². The number of carbonyl (C=O) groups is 3. The third-order valence-electron chi connectivity index (χ3n) is 3.67. The van der Waals surface area contributed by atoms with E-state index in [1.165, 1.54) is 19.2 Å². The second-order valence-electron chi connectivity index (χ2n) is 5.24. The van der Waals surface area contributed by atoms with Crippen LogP contribution in [-0.2, 0) is 14.3 Å². The molecule has 0 aromatic heterocycles. The van der Waals surface area contributed by atoms with Crippen molar-refractivity contribution in [1.82, 2.24) is 0 Å². The van der Waals surface area contributed by atoms with Crippen LogP contribution >= 0.6 is 11.6 Å². The van der Waals surface area contributed by atoms with Crippen LogP contribution in [-0.4, -0.2) is 31.3 Å². The molecule has 128 valence electrons. The van der Waals surface area contributed by atoms with Crippen LogP contribution in [0.3, 0.4) is 0 Å². The standard InChI is InChI=1S/C17H16ClFO5/c1-3-24-17(22)10-6-11(18)15(13(20)8-10)16(21)9-4-5-14(23-2)12(19)7-9/h4-5,7,10H,3,6,8H2,1-2H3. The number of rotatable bonds is 5. The van der Waals surface area contributed by atoms with Gasteiger partial charge in [0.05, 0.1) is 25.2 Å². The lowest BCUT2D eigenvalue weighted by Gasteiger charge is -2.21. The van der Waals surface area contributed by atoms with Crippen molar-refractivity contribution in [2.75, 3.05) is 13.7 Å². The Morgan fingerprint density at radius 3 is 2.58 bits per heavy atom. The summed E-state index contributed by atoms with van der Waals surface area (Å²) in [7, 11) is 1.31. The average molecular weight is 355 g/mol. The van der Waals surface area contributed by atoms with Crippen molar-refractivity contribution in [3.63, 3.8) is 0 Å². The number of ether oxygens (including phenoxy) is 2. The molecule has 7 heteroatoms. The van der Waals surface area contributed by atoms with Gasteiger partial charge in [0.15, 0.2) is 23.1 Å². The van der Waals surface area contributed by atoms with Gasteiger partial charge in [-0.3, -0.25) is 14.4 Å². The molecule has 0 spiro atoms. The van der Waals surface area contributed by atoms with E-state index in [2.05, 4.69) is 0 Å². The molecule has 1 aromatic rings. The van der Waals surface area contributed by atoms with Crippen LogP contribution in [0.1, 0.15) is 30.1 Å². The monoisotopic (exact) mass is 354 g/mol. The number of hydrogen-bond acceptors (Lipinski definition) is 5. The molecule has 1 aromatic carbocycles. The van der Waals surface area contributed by atoms with E-state index in [4.69, 9.17) is 21.1 Å². The van der Waals surface area contributed by atoms with Crippen LogP contribution in [0.25, 0.3) is 0 Å². The smallest absolute Gasteiger partial charge is 0.309 e. The van der Waals surface area contributed by atoms with Gasteiger partial charge in [-0.05, 0) is 31.5 Å². The van der Waals surface area contributed by atoms with Gasteiger partial charge in [-0.25, -0.2) is 4.39 Å². The highest BCUT2D eigenvalue weighted by molar-refractivity contribution is 6.39. The number of esters is 1. The third kappa shape index (κ3) is 3.64. The van der Waals surface area contributed by atoms with Crippen LogP contribution in [0.15, 0.2) is 28.8 Å². The molecule has 0 saturated heterocycles. The van der Waals surface area contributed by atoms with E-state index < -0.39 is 29.3 Å². The van der Waals surface area contributed by atoms with Crippen LogP contribution in [0.2, 0.25) is 0 Å². The van der Waals surface area contributed by atoms with E-state index in [9.17, 15) is 18.8 Å². The predicted octanol–water partition coefficient (Wildman–Crippen LogP) is 3.05. The molecule has 2 rings (SSSR count). The molecule has 1 atom stereocenters. The zero-order valence-corrected chi connectivity index (χ0v) is 14.0. The summed E-state index contributed by atoms with van der Waals surface area (Å²) in [6.45, 7) is 1.86. The quantitative estimate of drug-likeness (QED) is 0.462. The fourth-order valence-corrected chi connectivity index (χ4v) is 2.87. The molecular formula is C17H16ClFO5. The van der Waals surface area contributed by atoms with E-state index in [-0.39, 0.29) is 41.4 Å². The molecule has 0 aliphatic heterocycles. The maximum Gasteiger partial charge on any atom is 0.309 e. The van der Waals surface area contributed by atoms with Crippen molar-refractivity contribution in [3.05, 3.63) is 40.2 Å². The largest absolute Gasteiger partial charge is 0.494 e. The van der Waals surface area contributed by atoms with Gasteiger partial charge in [-0.15, -0.1) is 0 Å². The molecule has 0 radical (unpaired) electrons. The third-order valence-corrected chi connectivity index (χ3v) is 4.01. The Hall–Kier alpha value is -2.21. The summed E-state index contributed by atoms with van der Waals surface area (Å²) >= 11 is 6.07. The summed E-state index contributed by atoms with van der Waals surface area (Å²) < 4.78 is 23.4. The number of halogens is 2. The molecule has 0 fully saturated rings. The summed E-state index contributed by atoms with van der Waals surface area (Å²) in [5.74, 6) is -3.17. The first kappa shape index (κ1) is 18.1. The van der Waals surface area contributed by atoms with Gasteiger partial charge < -0.3 is 9.47 Å². The summed E-state index contributed by atoms with van der Waals surface area (Å²) in [6.07, 6.45) is -0.111. The summed E-state index contributed by atoms with van der Waals surface area (Å²) in [5, 5.41) is -0.00877. The second kappa shape index (κ2) is 7.57. The minimum atomic E-state index is -0.715. The fraction of sp³-hybridized carbons (Fsp3) is 0.353. The Morgan fingerprint density at radius 2 is 2.04 bits per heavy atom. The van der Waals surface area contributed by atoms with Crippen molar-refractivity contribution < 1.29 is 28.2 Å². The summed E-state index contributed by atoms with van der Waals surface area (Å²) in [5.41, 5.74) is -0.217. The zero-order valence-electron chi connectivity index (χ0n) is 13.2. The summed E-state index contributed by atoms with van der Waals surface area (Å²) in [4.78, 5) is 36.5. The van der Waals surface area contributed by atoms with Crippen LogP contribution in [0, 0.1) is 11.7 Å². The summed E-state index contributed by atoms with van der Waals surface area (Å²) in [6, 6.07) is 3.64. The normalized spacial score (nSPS) is 17.7. The number of Topliss-reactive ketones (excluding diaryl/α,β-unsaturated/α-hetero) is 2. The minimum absolute atomic E-state index is 0.00877. The van der Waals surface area contributed by atoms with Gasteiger partial charge in [0, 0.05) is 17.0 Å². The van der Waals surface area contributed by atoms with E-state index in [0.717, 1.165) is 6.07 Å². The van der Waals surface area contributed by atoms with Crippen molar-refractivity contribution in [1.29, 1.82) is 0 Å². The van der Waals surface area contributed by atoms with Gasteiger partial charge >= 0.3 is 5.97 Å². The predicted molar refractivity (Wildman–Crippen MR) is 84.5 cm³/mol. The Labute approximate surface area is 143 Å². The van der Waals surface area contributed by atoms with Crippen molar-refractivity contribution in [2.45, 2.75) is 19.8 Å². The maximum absolute atomic E-state index is 13.8. The van der Waals surface area contributed by atoms with Crippen molar-refractivity contribution in [3.8, 4) is 5.75 Å². The lowest BCUT2D eigenvalue weighted by atomic mass is 9.85. The van der Waals surface area contributed by atoms with Gasteiger partial charge in [-0.2, -0.15) is 0 Å². The Bertz CT molecular complexity index is 726. The fourth-order valence-electron chi connectivity index (χ4n) is 2.50. The number of ketones is 2. The molecule has 24 heavy (non-hydrogen) atoms. The lowest BCUT2D eigenvalue weighted by molar-refractivity contribution is -0.149. The number of methoxy groups -OCH3 is 1. The lowest BCUT2D eigenvalue weighted by Crippen LogP contribution is -2.28. The number of carbonyl (C=O) groups excluding carboxylic acids is 3. The molecule has 0 saturated carbocycles. The number of benzene rings is 1.